The quantitative estimate of drug-likeness (QED) is 0.465. The highest BCUT2D eigenvalue weighted by atomic mass is 79.9. The number of nitro groups is 1. The highest BCUT2D eigenvalue weighted by Crippen LogP contribution is 2.33. The van der Waals surface area contributed by atoms with Gasteiger partial charge in [-0.25, -0.2) is 0 Å². The molecule has 0 spiro atoms. The van der Waals surface area contributed by atoms with Crippen LogP contribution in [0.15, 0.2) is 48.5 Å². The summed E-state index contributed by atoms with van der Waals surface area (Å²) in [5.41, 5.74) is 2.20. The summed E-state index contributed by atoms with van der Waals surface area (Å²) < 4.78 is 5.34. The summed E-state index contributed by atoms with van der Waals surface area (Å²) in [7, 11) is 1.64. The Morgan fingerprint density at radius 1 is 1.20 bits per heavy atom. The van der Waals surface area contributed by atoms with Crippen LogP contribution >= 0.6 is 15.9 Å². The predicted molar refractivity (Wildman–Crippen MR) is 81.5 cm³/mol. The van der Waals surface area contributed by atoms with Crippen LogP contribution in [-0.2, 0) is 6.42 Å². The van der Waals surface area contributed by atoms with Gasteiger partial charge in [-0.1, -0.05) is 46.3 Å². The molecule has 0 radical (unpaired) electrons. The predicted octanol–water partition coefficient (Wildman–Crippen LogP) is 4.28. The van der Waals surface area contributed by atoms with E-state index in [0.717, 1.165) is 23.3 Å². The maximum absolute atomic E-state index is 10.6. The zero-order chi connectivity index (χ0) is 14.5. The summed E-state index contributed by atoms with van der Waals surface area (Å²) >= 11 is 3.65. The van der Waals surface area contributed by atoms with E-state index in [-0.39, 0.29) is 10.5 Å². The Morgan fingerprint density at radius 2 is 1.85 bits per heavy atom. The first-order valence-corrected chi connectivity index (χ1v) is 7.03. The summed E-state index contributed by atoms with van der Waals surface area (Å²) in [6.07, 6.45) is 0.734. The number of rotatable bonds is 5. The molecule has 0 saturated heterocycles. The molecule has 104 valence electrons. The van der Waals surface area contributed by atoms with Gasteiger partial charge in [0, 0.05) is 22.5 Å². The Balaban J connectivity index is 2.14. The Morgan fingerprint density at radius 3 is 2.45 bits per heavy atom. The van der Waals surface area contributed by atoms with Crippen LogP contribution in [-0.4, -0.2) is 12.0 Å². The number of nitro benzene ring substituents is 1. The molecule has 20 heavy (non-hydrogen) atoms. The van der Waals surface area contributed by atoms with Gasteiger partial charge in [0.15, 0.2) is 0 Å². The topological polar surface area (TPSA) is 52.4 Å². The highest BCUT2D eigenvalue weighted by Gasteiger charge is 2.14. The molecular formula is C15H14BrNO3. The van der Waals surface area contributed by atoms with E-state index in [9.17, 15) is 10.1 Å². The Bertz CT molecular complexity index is 598. The number of halogens is 1. The summed E-state index contributed by atoms with van der Waals surface area (Å²) in [6, 6.07) is 14.4. The molecule has 0 amide bonds. The summed E-state index contributed by atoms with van der Waals surface area (Å²) in [5.74, 6) is 0.830. The zero-order valence-corrected chi connectivity index (χ0v) is 12.5. The molecule has 0 heterocycles. The van der Waals surface area contributed by atoms with E-state index >= 15 is 0 Å². The standard InChI is InChI=1S/C15H14BrNO3/c1-20-15-5-3-2-4-13(15)14(16)10-11-6-8-12(9-7-11)17(18)19/h2-9,14H,10H2,1H3. The molecule has 0 aliphatic carbocycles. The lowest BCUT2D eigenvalue weighted by atomic mass is 10.0. The number of methoxy groups -OCH3 is 1. The maximum Gasteiger partial charge on any atom is 0.269 e. The van der Waals surface area contributed by atoms with Gasteiger partial charge in [0.2, 0.25) is 0 Å². The molecule has 4 nitrogen and oxygen atoms in total. The molecule has 2 rings (SSSR count). The minimum absolute atomic E-state index is 0.0973. The van der Waals surface area contributed by atoms with Crippen LogP contribution in [0.3, 0.4) is 0 Å². The van der Waals surface area contributed by atoms with Gasteiger partial charge in [-0.3, -0.25) is 10.1 Å². The molecule has 0 fully saturated rings. The largest absolute Gasteiger partial charge is 0.496 e. The number of hydrogen-bond donors (Lipinski definition) is 0. The van der Waals surface area contributed by atoms with Crippen molar-refractivity contribution in [2.24, 2.45) is 0 Å². The van der Waals surface area contributed by atoms with Gasteiger partial charge < -0.3 is 4.74 Å². The number of alkyl halides is 1. The van der Waals surface area contributed by atoms with Crippen molar-refractivity contribution in [3.63, 3.8) is 0 Å². The second-order valence-electron chi connectivity index (χ2n) is 4.34. The van der Waals surface area contributed by atoms with Gasteiger partial charge in [-0.05, 0) is 18.1 Å². The van der Waals surface area contributed by atoms with Crippen molar-refractivity contribution in [1.82, 2.24) is 0 Å². The molecule has 5 heteroatoms. The lowest BCUT2D eigenvalue weighted by Gasteiger charge is -2.14. The fraction of sp³-hybridized carbons (Fsp3) is 0.200. The van der Waals surface area contributed by atoms with E-state index in [1.807, 2.05) is 24.3 Å². The number of non-ortho nitro benzene ring substituents is 1. The maximum atomic E-state index is 10.6. The molecular weight excluding hydrogens is 322 g/mol. The van der Waals surface area contributed by atoms with Crippen LogP contribution in [0.1, 0.15) is 16.0 Å². The van der Waals surface area contributed by atoms with Crippen molar-refractivity contribution in [3.8, 4) is 5.75 Å². The van der Waals surface area contributed by atoms with Crippen LogP contribution in [0.4, 0.5) is 5.69 Å². The van der Waals surface area contributed by atoms with Gasteiger partial charge in [0.1, 0.15) is 5.75 Å². The van der Waals surface area contributed by atoms with Crippen molar-refractivity contribution in [3.05, 3.63) is 69.8 Å². The lowest BCUT2D eigenvalue weighted by Crippen LogP contribution is -1.99. The van der Waals surface area contributed by atoms with Crippen molar-refractivity contribution in [1.29, 1.82) is 0 Å². The third-order valence-electron chi connectivity index (χ3n) is 3.04. The van der Waals surface area contributed by atoms with E-state index in [2.05, 4.69) is 15.9 Å². The van der Waals surface area contributed by atoms with Crippen molar-refractivity contribution < 1.29 is 9.66 Å². The molecule has 0 N–H and O–H groups in total. The molecule has 0 aromatic heterocycles. The second kappa shape index (κ2) is 6.52. The average Bonchev–Trinajstić information content (AvgIpc) is 2.47. The van der Waals surface area contributed by atoms with Crippen molar-refractivity contribution in [2.45, 2.75) is 11.2 Å². The fourth-order valence-corrected chi connectivity index (χ4v) is 2.75. The molecule has 0 bridgehead atoms. The van der Waals surface area contributed by atoms with E-state index in [1.54, 1.807) is 19.2 Å². The van der Waals surface area contributed by atoms with Gasteiger partial charge >= 0.3 is 0 Å². The first-order valence-electron chi connectivity index (χ1n) is 6.12. The zero-order valence-electron chi connectivity index (χ0n) is 11.0. The lowest BCUT2D eigenvalue weighted by molar-refractivity contribution is -0.384. The van der Waals surface area contributed by atoms with Gasteiger partial charge in [-0.15, -0.1) is 0 Å². The van der Waals surface area contributed by atoms with Crippen molar-refractivity contribution >= 4 is 21.6 Å². The normalized spacial score (nSPS) is 11.9. The SMILES string of the molecule is COc1ccccc1C(Br)Cc1ccc([N+](=O)[O-])cc1. The van der Waals surface area contributed by atoms with E-state index in [1.165, 1.54) is 12.1 Å². The van der Waals surface area contributed by atoms with Crippen LogP contribution in [0.5, 0.6) is 5.75 Å². The second-order valence-corrected chi connectivity index (χ2v) is 5.44. The Hall–Kier alpha value is -1.88. The van der Waals surface area contributed by atoms with E-state index in [4.69, 9.17) is 4.74 Å². The van der Waals surface area contributed by atoms with Crippen LogP contribution in [0.2, 0.25) is 0 Å². The number of ether oxygens (including phenoxy) is 1. The molecule has 1 atom stereocenters. The first kappa shape index (κ1) is 14.5. The number of benzene rings is 2. The minimum atomic E-state index is -0.393. The molecule has 2 aromatic carbocycles. The molecule has 0 aliphatic rings. The van der Waals surface area contributed by atoms with E-state index in [0.29, 0.717) is 0 Å². The smallest absolute Gasteiger partial charge is 0.269 e. The third kappa shape index (κ3) is 3.36. The Labute approximate surface area is 125 Å². The molecule has 0 aliphatic heterocycles. The summed E-state index contributed by atoms with van der Waals surface area (Å²) in [6.45, 7) is 0. The molecule has 2 aromatic rings. The number of hydrogen-bond acceptors (Lipinski definition) is 3. The minimum Gasteiger partial charge on any atom is -0.496 e. The Kier molecular flexibility index (Phi) is 4.74. The number of para-hydroxylation sites is 1. The van der Waals surface area contributed by atoms with E-state index < -0.39 is 4.92 Å². The average molecular weight is 336 g/mol. The van der Waals surface area contributed by atoms with Crippen LogP contribution in [0, 0.1) is 10.1 Å². The molecule has 1 unspecified atom stereocenters. The third-order valence-corrected chi connectivity index (χ3v) is 3.86. The summed E-state index contributed by atoms with van der Waals surface area (Å²) in [5, 5.41) is 10.6. The monoisotopic (exact) mass is 335 g/mol. The first-order chi connectivity index (χ1) is 9.61. The summed E-state index contributed by atoms with van der Waals surface area (Å²) in [4.78, 5) is 10.3. The van der Waals surface area contributed by atoms with Crippen LogP contribution < -0.4 is 4.74 Å². The fourth-order valence-electron chi connectivity index (χ4n) is 2.00. The van der Waals surface area contributed by atoms with Gasteiger partial charge in [0.05, 0.1) is 12.0 Å². The van der Waals surface area contributed by atoms with Gasteiger partial charge in [0.25, 0.3) is 5.69 Å². The van der Waals surface area contributed by atoms with Crippen molar-refractivity contribution in [2.75, 3.05) is 7.11 Å². The number of nitrogens with zero attached hydrogens (tertiary/aromatic N) is 1. The molecule has 0 saturated carbocycles. The van der Waals surface area contributed by atoms with Crippen LogP contribution in [0.25, 0.3) is 0 Å². The highest BCUT2D eigenvalue weighted by molar-refractivity contribution is 9.09. The van der Waals surface area contributed by atoms with Gasteiger partial charge in [-0.2, -0.15) is 0 Å².